The first-order chi connectivity index (χ1) is 10.6. The van der Waals surface area contributed by atoms with Crippen LogP contribution in [-0.2, 0) is 4.79 Å². The molecule has 3 amide bonds. The number of hydrogen-bond donors (Lipinski definition) is 3. The molecule has 1 heterocycles. The van der Waals surface area contributed by atoms with E-state index in [1.54, 1.807) is 0 Å². The van der Waals surface area contributed by atoms with Crippen molar-refractivity contribution in [3.63, 3.8) is 0 Å². The van der Waals surface area contributed by atoms with Gasteiger partial charge in [-0.3, -0.25) is 15.0 Å². The number of imide groups is 1. The van der Waals surface area contributed by atoms with Crippen LogP contribution in [0.1, 0.15) is 18.0 Å². The van der Waals surface area contributed by atoms with Crippen molar-refractivity contribution in [1.82, 2.24) is 20.9 Å². The molecule has 0 saturated carbocycles. The molecular formula is C15H22Cl2N4O2. The molecule has 2 rings (SSSR count). The molecule has 1 aromatic carbocycles. The molecule has 0 radical (unpaired) electrons. The number of urea groups is 1. The molecule has 128 valence electrons. The number of nitrogens with zero attached hydrogens (tertiary/aromatic N) is 1. The van der Waals surface area contributed by atoms with Crippen molar-refractivity contribution in [2.45, 2.75) is 12.5 Å². The number of nitrogens with one attached hydrogen (secondary N) is 3. The first-order valence-corrected chi connectivity index (χ1v) is 7.70. The number of piperazine rings is 1. The van der Waals surface area contributed by atoms with E-state index < -0.39 is 6.03 Å². The molecule has 1 saturated heterocycles. The van der Waals surface area contributed by atoms with Crippen molar-refractivity contribution in [2.75, 3.05) is 33.2 Å². The van der Waals surface area contributed by atoms with Crippen molar-refractivity contribution < 1.29 is 9.59 Å². The molecule has 0 bridgehead atoms. The van der Waals surface area contributed by atoms with Crippen LogP contribution in [0, 0.1) is 0 Å². The highest BCUT2D eigenvalue weighted by atomic mass is 35.5. The first kappa shape index (κ1) is 19.7. The van der Waals surface area contributed by atoms with Gasteiger partial charge >= 0.3 is 6.03 Å². The minimum Gasteiger partial charge on any atom is -0.341 e. The van der Waals surface area contributed by atoms with E-state index in [9.17, 15) is 9.59 Å². The summed E-state index contributed by atoms with van der Waals surface area (Å²) in [5.74, 6) is -0.282. The minimum absolute atomic E-state index is 0. The molecule has 1 aliphatic rings. The number of benzene rings is 1. The van der Waals surface area contributed by atoms with Crippen LogP contribution in [0.15, 0.2) is 24.3 Å². The molecule has 0 spiro atoms. The SMILES string of the molecule is CNC(=O)NC(=O)CCN1CCNCC1c1ccccc1Cl.Cl. The molecule has 6 nitrogen and oxygen atoms in total. The van der Waals surface area contributed by atoms with E-state index in [-0.39, 0.29) is 30.8 Å². The van der Waals surface area contributed by atoms with Gasteiger partial charge in [-0.15, -0.1) is 12.4 Å². The smallest absolute Gasteiger partial charge is 0.321 e. The molecule has 8 heteroatoms. The maximum atomic E-state index is 11.7. The van der Waals surface area contributed by atoms with Crippen molar-refractivity contribution in [3.05, 3.63) is 34.9 Å². The van der Waals surface area contributed by atoms with Crippen molar-refractivity contribution in [1.29, 1.82) is 0 Å². The van der Waals surface area contributed by atoms with E-state index in [1.807, 2.05) is 24.3 Å². The topological polar surface area (TPSA) is 73.5 Å². The molecule has 1 aliphatic heterocycles. The zero-order valence-electron chi connectivity index (χ0n) is 13.0. The van der Waals surface area contributed by atoms with Gasteiger partial charge in [0, 0.05) is 50.7 Å². The molecule has 1 atom stereocenters. The number of amides is 3. The van der Waals surface area contributed by atoms with Gasteiger partial charge in [-0.1, -0.05) is 29.8 Å². The summed E-state index contributed by atoms with van der Waals surface area (Å²) in [5, 5.41) is 8.73. The number of rotatable bonds is 4. The summed E-state index contributed by atoms with van der Waals surface area (Å²) in [6.45, 7) is 3.09. The molecular weight excluding hydrogens is 339 g/mol. The highest BCUT2D eigenvalue weighted by Gasteiger charge is 2.25. The Morgan fingerprint density at radius 1 is 1.39 bits per heavy atom. The van der Waals surface area contributed by atoms with Gasteiger partial charge in [0.1, 0.15) is 0 Å². The second kappa shape index (κ2) is 9.72. The third-order valence-corrected chi connectivity index (χ3v) is 4.07. The van der Waals surface area contributed by atoms with Gasteiger partial charge in [-0.05, 0) is 11.6 Å². The molecule has 0 aliphatic carbocycles. The fourth-order valence-electron chi connectivity index (χ4n) is 2.56. The maximum absolute atomic E-state index is 11.7. The van der Waals surface area contributed by atoms with Crippen molar-refractivity contribution in [3.8, 4) is 0 Å². The van der Waals surface area contributed by atoms with Gasteiger partial charge in [0.05, 0.1) is 0 Å². The Morgan fingerprint density at radius 2 is 2.13 bits per heavy atom. The third kappa shape index (κ3) is 5.66. The Morgan fingerprint density at radius 3 is 2.83 bits per heavy atom. The highest BCUT2D eigenvalue weighted by molar-refractivity contribution is 6.31. The van der Waals surface area contributed by atoms with Crippen LogP contribution in [0.4, 0.5) is 4.79 Å². The average Bonchev–Trinajstić information content (AvgIpc) is 2.53. The van der Waals surface area contributed by atoms with E-state index in [0.717, 1.165) is 30.2 Å². The van der Waals surface area contributed by atoms with Crippen LogP contribution in [-0.4, -0.2) is 50.1 Å². The lowest BCUT2D eigenvalue weighted by atomic mass is 10.0. The van der Waals surface area contributed by atoms with Crippen LogP contribution >= 0.6 is 24.0 Å². The lowest BCUT2D eigenvalue weighted by Gasteiger charge is -2.36. The third-order valence-electron chi connectivity index (χ3n) is 3.72. The largest absolute Gasteiger partial charge is 0.341 e. The van der Waals surface area contributed by atoms with Gasteiger partial charge in [0.25, 0.3) is 0 Å². The van der Waals surface area contributed by atoms with E-state index in [1.165, 1.54) is 7.05 Å². The number of carbonyl (C=O) groups excluding carboxylic acids is 2. The minimum atomic E-state index is -0.479. The molecule has 1 fully saturated rings. The predicted octanol–water partition coefficient (Wildman–Crippen LogP) is 1.55. The molecule has 0 aromatic heterocycles. The van der Waals surface area contributed by atoms with Crippen LogP contribution in [0.5, 0.6) is 0 Å². The van der Waals surface area contributed by atoms with E-state index in [4.69, 9.17) is 11.6 Å². The van der Waals surface area contributed by atoms with Crippen LogP contribution in [0.2, 0.25) is 5.02 Å². The lowest BCUT2D eigenvalue weighted by Crippen LogP contribution is -2.47. The zero-order valence-corrected chi connectivity index (χ0v) is 14.5. The monoisotopic (exact) mass is 360 g/mol. The molecule has 3 N–H and O–H groups in total. The fraction of sp³-hybridized carbons (Fsp3) is 0.467. The second-order valence-corrected chi connectivity index (χ2v) is 5.56. The number of carbonyl (C=O) groups is 2. The molecule has 23 heavy (non-hydrogen) atoms. The second-order valence-electron chi connectivity index (χ2n) is 5.15. The summed E-state index contributed by atoms with van der Waals surface area (Å²) >= 11 is 6.29. The van der Waals surface area contributed by atoms with Crippen LogP contribution in [0.25, 0.3) is 0 Å². The van der Waals surface area contributed by atoms with Gasteiger partial charge in [-0.25, -0.2) is 4.79 Å². The summed E-state index contributed by atoms with van der Waals surface area (Å²) in [6.07, 6.45) is 0.272. The van der Waals surface area contributed by atoms with Gasteiger partial charge in [-0.2, -0.15) is 0 Å². The molecule has 1 unspecified atom stereocenters. The van der Waals surface area contributed by atoms with E-state index in [2.05, 4.69) is 20.9 Å². The highest BCUT2D eigenvalue weighted by Crippen LogP contribution is 2.28. The Hall–Kier alpha value is -1.34. The first-order valence-electron chi connectivity index (χ1n) is 7.32. The van der Waals surface area contributed by atoms with Crippen molar-refractivity contribution in [2.24, 2.45) is 0 Å². The van der Waals surface area contributed by atoms with E-state index in [0.29, 0.717) is 6.54 Å². The fourth-order valence-corrected chi connectivity index (χ4v) is 2.82. The normalized spacial score (nSPS) is 17.9. The summed E-state index contributed by atoms with van der Waals surface area (Å²) in [6, 6.07) is 7.41. The summed E-state index contributed by atoms with van der Waals surface area (Å²) in [5.41, 5.74) is 1.06. The Labute approximate surface area is 147 Å². The predicted molar refractivity (Wildman–Crippen MR) is 93.1 cm³/mol. The standard InChI is InChI=1S/C15H21ClN4O2.ClH/c1-17-15(22)19-14(21)6-8-20-9-7-18-10-13(20)11-4-2-3-5-12(11)16;/h2-5,13,18H,6-10H2,1H3,(H2,17,19,21,22);1H. The molecule has 1 aromatic rings. The van der Waals surface area contributed by atoms with Gasteiger partial charge in [0.15, 0.2) is 0 Å². The van der Waals surface area contributed by atoms with Gasteiger partial charge < -0.3 is 10.6 Å². The summed E-state index contributed by atoms with van der Waals surface area (Å²) in [7, 11) is 1.48. The quantitative estimate of drug-likeness (QED) is 0.761. The Balaban J connectivity index is 0.00000264. The number of hydrogen-bond acceptors (Lipinski definition) is 4. The van der Waals surface area contributed by atoms with Crippen molar-refractivity contribution >= 4 is 35.9 Å². The number of halogens is 2. The van der Waals surface area contributed by atoms with Crippen LogP contribution in [0.3, 0.4) is 0 Å². The Kier molecular flexibility index (Phi) is 8.33. The van der Waals surface area contributed by atoms with Gasteiger partial charge in [0.2, 0.25) is 5.91 Å². The average molecular weight is 361 g/mol. The van der Waals surface area contributed by atoms with E-state index >= 15 is 0 Å². The summed E-state index contributed by atoms with van der Waals surface area (Å²) < 4.78 is 0. The maximum Gasteiger partial charge on any atom is 0.321 e. The Bertz CT molecular complexity index is 542. The van der Waals surface area contributed by atoms with Crippen LogP contribution < -0.4 is 16.0 Å². The lowest BCUT2D eigenvalue weighted by molar-refractivity contribution is -0.120. The summed E-state index contributed by atoms with van der Waals surface area (Å²) in [4.78, 5) is 25.1. The zero-order chi connectivity index (χ0) is 15.9.